The first-order chi connectivity index (χ1) is 15.4. The van der Waals surface area contributed by atoms with Crippen molar-refractivity contribution in [3.63, 3.8) is 0 Å². The number of nitrogens with zero attached hydrogens (tertiary/aromatic N) is 2. The summed E-state index contributed by atoms with van der Waals surface area (Å²) in [7, 11) is 0. The number of ether oxygens (including phenoxy) is 1. The van der Waals surface area contributed by atoms with Crippen molar-refractivity contribution >= 4 is 39.1 Å². The van der Waals surface area contributed by atoms with E-state index in [1.165, 1.54) is 11.3 Å². The van der Waals surface area contributed by atoms with Crippen molar-refractivity contribution in [1.82, 2.24) is 15.2 Å². The molecule has 1 unspecified atom stereocenters. The second kappa shape index (κ2) is 8.28. The number of nitrogens with one attached hydrogen (secondary N) is 1. The molecule has 7 nitrogen and oxygen atoms in total. The number of aliphatic hydroxyl groups excluding tert-OH is 1. The summed E-state index contributed by atoms with van der Waals surface area (Å²) in [5.41, 5.74) is 1.94. The lowest BCUT2D eigenvalue weighted by Gasteiger charge is -2.29. The van der Waals surface area contributed by atoms with Crippen LogP contribution in [0.5, 0.6) is 5.75 Å². The number of piperazine rings is 1. The van der Waals surface area contributed by atoms with E-state index in [1.807, 2.05) is 23.1 Å². The lowest BCUT2D eigenvalue weighted by Crippen LogP contribution is -2.50. The number of aliphatic hydroxyl groups is 2. The van der Waals surface area contributed by atoms with Crippen LogP contribution in [0.2, 0.25) is 5.02 Å². The monoisotopic (exact) mass is 473 g/mol. The number of pyridine rings is 1. The van der Waals surface area contributed by atoms with E-state index in [2.05, 4.69) is 10.3 Å². The topological polar surface area (TPSA) is 94.9 Å². The Balaban J connectivity index is 1.54. The molecule has 3 aromatic rings. The zero-order valence-electron chi connectivity index (χ0n) is 17.6. The molecule has 1 saturated heterocycles. The molecule has 9 heteroatoms. The Labute approximate surface area is 194 Å². The molecule has 0 radical (unpaired) electrons. The molecular formula is C23H24ClN3O4S. The largest absolute Gasteiger partial charge is 0.479 e. The molecule has 168 valence electrons. The molecule has 2 atom stereocenters. The summed E-state index contributed by atoms with van der Waals surface area (Å²) in [6.07, 6.45) is 1.62. The van der Waals surface area contributed by atoms with E-state index in [4.69, 9.17) is 16.3 Å². The fraction of sp³-hybridized carbons (Fsp3) is 0.391. The van der Waals surface area contributed by atoms with Gasteiger partial charge in [0.1, 0.15) is 11.4 Å². The molecule has 2 aromatic heterocycles. The van der Waals surface area contributed by atoms with E-state index in [9.17, 15) is 15.0 Å². The van der Waals surface area contributed by atoms with Gasteiger partial charge in [0.05, 0.1) is 16.8 Å². The predicted octanol–water partition coefficient (Wildman–Crippen LogP) is 2.55. The van der Waals surface area contributed by atoms with Crippen molar-refractivity contribution in [3.05, 3.63) is 45.9 Å². The van der Waals surface area contributed by atoms with E-state index in [0.717, 1.165) is 40.0 Å². The highest BCUT2D eigenvalue weighted by Gasteiger charge is 2.35. The van der Waals surface area contributed by atoms with Crippen LogP contribution in [0.4, 0.5) is 0 Å². The van der Waals surface area contributed by atoms with Crippen LogP contribution in [-0.2, 0) is 16.8 Å². The SMILES string of the molecule is CC(O)(CO)c1cc2nccc(-c3cc(Cl)cc4c3O[C@@H](C(=O)N3CCNCC3)C4)c2s1. The van der Waals surface area contributed by atoms with Crippen LogP contribution in [0.15, 0.2) is 30.5 Å². The van der Waals surface area contributed by atoms with Crippen molar-refractivity contribution < 1.29 is 19.7 Å². The summed E-state index contributed by atoms with van der Waals surface area (Å²) in [4.78, 5) is 19.9. The molecule has 1 fully saturated rings. The van der Waals surface area contributed by atoms with Gasteiger partial charge in [-0.05, 0) is 31.2 Å². The minimum atomic E-state index is -1.35. The molecule has 0 aliphatic carbocycles. The van der Waals surface area contributed by atoms with Crippen LogP contribution in [0.25, 0.3) is 21.3 Å². The Kier molecular flexibility index (Phi) is 5.59. The van der Waals surface area contributed by atoms with Gasteiger partial charge in [-0.25, -0.2) is 0 Å². The Morgan fingerprint density at radius 3 is 2.88 bits per heavy atom. The molecule has 2 aliphatic rings. The highest BCUT2D eigenvalue weighted by Crippen LogP contribution is 2.45. The number of rotatable bonds is 4. The molecule has 0 spiro atoms. The fourth-order valence-electron chi connectivity index (χ4n) is 4.24. The van der Waals surface area contributed by atoms with Gasteiger partial charge in [0.15, 0.2) is 6.10 Å². The van der Waals surface area contributed by atoms with E-state index in [1.54, 1.807) is 19.2 Å². The quantitative estimate of drug-likeness (QED) is 0.539. The number of hydrogen-bond acceptors (Lipinski definition) is 7. The molecule has 5 rings (SSSR count). The number of fused-ring (bicyclic) bond motifs is 2. The average molecular weight is 474 g/mol. The van der Waals surface area contributed by atoms with Crippen LogP contribution < -0.4 is 10.1 Å². The number of amides is 1. The molecule has 0 saturated carbocycles. The minimum Gasteiger partial charge on any atom is -0.479 e. The first-order valence-corrected chi connectivity index (χ1v) is 11.8. The third-order valence-corrected chi connectivity index (χ3v) is 7.67. The third-order valence-electron chi connectivity index (χ3n) is 6.04. The minimum absolute atomic E-state index is 0.00190. The summed E-state index contributed by atoms with van der Waals surface area (Å²) in [5.74, 6) is 0.668. The van der Waals surface area contributed by atoms with Gasteiger partial charge in [0, 0.05) is 65.4 Å². The van der Waals surface area contributed by atoms with Crippen molar-refractivity contribution in [2.45, 2.75) is 25.0 Å². The van der Waals surface area contributed by atoms with Gasteiger partial charge < -0.3 is 25.2 Å². The van der Waals surface area contributed by atoms with Gasteiger partial charge in [0.2, 0.25) is 0 Å². The van der Waals surface area contributed by atoms with Crippen LogP contribution in [0, 0.1) is 0 Å². The van der Waals surface area contributed by atoms with Crippen molar-refractivity contribution in [3.8, 4) is 16.9 Å². The Hall–Kier alpha value is -2.23. The maximum Gasteiger partial charge on any atom is 0.264 e. The van der Waals surface area contributed by atoms with Crippen LogP contribution in [0.1, 0.15) is 17.4 Å². The third kappa shape index (κ3) is 3.76. The Morgan fingerprint density at radius 2 is 2.12 bits per heavy atom. The Bertz CT molecular complexity index is 1190. The maximum absolute atomic E-state index is 13.0. The first kappa shape index (κ1) is 21.6. The summed E-state index contributed by atoms with van der Waals surface area (Å²) >= 11 is 7.84. The second-order valence-electron chi connectivity index (χ2n) is 8.44. The lowest BCUT2D eigenvalue weighted by atomic mass is 10.0. The van der Waals surface area contributed by atoms with Crippen molar-refractivity contribution in [1.29, 1.82) is 0 Å². The lowest BCUT2D eigenvalue weighted by molar-refractivity contribution is -0.138. The van der Waals surface area contributed by atoms with E-state index < -0.39 is 11.7 Å². The molecule has 0 bridgehead atoms. The summed E-state index contributed by atoms with van der Waals surface area (Å²) in [6, 6.07) is 7.38. The van der Waals surface area contributed by atoms with E-state index >= 15 is 0 Å². The van der Waals surface area contributed by atoms with Gasteiger partial charge in [-0.3, -0.25) is 9.78 Å². The van der Waals surface area contributed by atoms with Crippen molar-refractivity contribution in [2.75, 3.05) is 32.8 Å². The smallest absolute Gasteiger partial charge is 0.264 e. The first-order valence-electron chi connectivity index (χ1n) is 10.6. The molecular weight excluding hydrogens is 450 g/mol. The normalized spacial score (nSPS) is 20.1. The van der Waals surface area contributed by atoms with Crippen LogP contribution in [-0.4, -0.2) is 64.9 Å². The number of aromatic nitrogens is 1. The predicted molar refractivity (Wildman–Crippen MR) is 124 cm³/mol. The Morgan fingerprint density at radius 1 is 1.34 bits per heavy atom. The highest BCUT2D eigenvalue weighted by molar-refractivity contribution is 7.19. The molecule has 2 aliphatic heterocycles. The molecule has 32 heavy (non-hydrogen) atoms. The maximum atomic E-state index is 13.0. The van der Waals surface area contributed by atoms with Crippen LogP contribution >= 0.6 is 22.9 Å². The van der Waals surface area contributed by atoms with Crippen molar-refractivity contribution in [2.24, 2.45) is 0 Å². The molecule has 1 aromatic carbocycles. The van der Waals surface area contributed by atoms with Gasteiger partial charge in [-0.15, -0.1) is 11.3 Å². The summed E-state index contributed by atoms with van der Waals surface area (Å²) < 4.78 is 7.09. The number of thiophene rings is 1. The van der Waals surface area contributed by atoms with Crippen LogP contribution in [0.3, 0.4) is 0 Å². The average Bonchev–Trinajstić information content (AvgIpc) is 3.43. The number of hydrogen-bond donors (Lipinski definition) is 3. The fourth-order valence-corrected chi connectivity index (χ4v) is 5.66. The zero-order valence-corrected chi connectivity index (χ0v) is 19.2. The highest BCUT2D eigenvalue weighted by atomic mass is 35.5. The zero-order chi connectivity index (χ0) is 22.5. The van der Waals surface area contributed by atoms with Gasteiger partial charge in [-0.1, -0.05) is 11.6 Å². The van der Waals surface area contributed by atoms with Gasteiger partial charge in [-0.2, -0.15) is 0 Å². The molecule has 4 heterocycles. The number of halogens is 1. The molecule has 1 amide bonds. The summed E-state index contributed by atoms with van der Waals surface area (Å²) in [5, 5.41) is 23.9. The van der Waals surface area contributed by atoms with Gasteiger partial charge >= 0.3 is 0 Å². The second-order valence-corrected chi connectivity index (χ2v) is 9.93. The van der Waals surface area contributed by atoms with E-state index in [0.29, 0.717) is 35.2 Å². The standard InChI is InChI=1S/C23H24ClN3O4S/c1-23(30,12-28)19-11-17-21(32-19)15(2-3-26-17)16-10-14(24)8-13-9-18(31-20(13)16)22(29)27-6-4-25-5-7-27/h2-3,8,10-11,18,25,28,30H,4-7,9,12H2,1H3/t18-,23?/m1/s1. The molecule has 3 N–H and O–H groups in total. The number of benzene rings is 1. The summed E-state index contributed by atoms with van der Waals surface area (Å²) in [6.45, 7) is 4.11. The van der Waals surface area contributed by atoms with E-state index in [-0.39, 0.29) is 12.5 Å². The van der Waals surface area contributed by atoms with Gasteiger partial charge in [0.25, 0.3) is 5.91 Å². The number of carbonyl (C=O) groups is 1. The number of carbonyl (C=O) groups excluding carboxylic acids is 1.